The second kappa shape index (κ2) is 10.7. The minimum Gasteiger partial charge on any atom is -0.134 e. The van der Waals surface area contributed by atoms with E-state index in [-0.39, 0.29) is 0 Å². The van der Waals surface area contributed by atoms with Gasteiger partial charge in [-0.05, 0) is 98.1 Å². The SMILES string of the molecule is C1=CC(c2c3ccccc3c(-c3cccc(-c4ccc(-c5ccc(-c6ccccc6)s5)s4)c3)c3ccccc23)=CCC1. The Kier molecular flexibility index (Phi) is 6.44. The molecule has 2 aromatic heterocycles. The molecule has 0 radical (unpaired) electrons. The monoisotopic (exact) mass is 572 g/mol. The third-order valence-electron chi connectivity index (χ3n) is 8.16. The van der Waals surface area contributed by atoms with E-state index >= 15 is 0 Å². The van der Waals surface area contributed by atoms with Crippen LogP contribution in [0, 0.1) is 0 Å². The van der Waals surface area contributed by atoms with Crippen molar-refractivity contribution in [1.82, 2.24) is 0 Å². The minimum absolute atomic E-state index is 1.10. The predicted octanol–water partition coefficient (Wildman–Crippen LogP) is 12.5. The molecule has 0 N–H and O–H groups in total. The molecular formula is C40H28S2. The molecule has 0 bridgehead atoms. The van der Waals surface area contributed by atoms with E-state index in [4.69, 9.17) is 0 Å². The van der Waals surface area contributed by atoms with Crippen LogP contribution < -0.4 is 0 Å². The summed E-state index contributed by atoms with van der Waals surface area (Å²) in [7, 11) is 0. The predicted molar refractivity (Wildman–Crippen MR) is 185 cm³/mol. The number of hydrogen-bond donors (Lipinski definition) is 0. The normalized spacial score (nSPS) is 13.1. The summed E-state index contributed by atoms with van der Waals surface area (Å²) in [5.41, 5.74) is 7.81. The van der Waals surface area contributed by atoms with Crippen molar-refractivity contribution in [2.24, 2.45) is 0 Å². The molecule has 5 aromatic carbocycles. The van der Waals surface area contributed by atoms with Crippen molar-refractivity contribution in [3.8, 4) is 41.8 Å². The maximum atomic E-state index is 2.40. The van der Waals surface area contributed by atoms with E-state index in [0.717, 1.165) is 12.8 Å². The van der Waals surface area contributed by atoms with Crippen LogP contribution in [0.25, 0.3) is 68.9 Å². The molecule has 0 nitrogen and oxygen atoms in total. The van der Waals surface area contributed by atoms with E-state index in [9.17, 15) is 0 Å². The smallest absolute Gasteiger partial charge is 0.0449 e. The molecule has 200 valence electrons. The lowest BCUT2D eigenvalue weighted by Gasteiger charge is -2.19. The Bertz CT molecular complexity index is 2080. The lowest BCUT2D eigenvalue weighted by atomic mass is 9.84. The van der Waals surface area contributed by atoms with Gasteiger partial charge >= 0.3 is 0 Å². The van der Waals surface area contributed by atoms with Crippen LogP contribution in [0.5, 0.6) is 0 Å². The van der Waals surface area contributed by atoms with Gasteiger partial charge in [0.15, 0.2) is 0 Å². The van der Waals surface area contributed by atoms with Gasteiger partial charge in [0, 0.05) is 19.5 Å². The topological polar surface area (TPSA) is 0 Å². The average Bonchev–Trinajstić information content (AvgIpc) is 3.75. The van der Waals surface area contributed by atoms with Crippen molar-refractivity contribution in [2.75, 3.05) is 0 Å². The van der Waals surface area contributed by atoms with Crippen LogP contribution in [0.4, 0.5) is 0 Å². The lowest BCUT2D eigenvalue weighted by Crippen LogP contribution is -1.94. The molecule has 0 spiro atoms. The molecular weight excluding hydrogens is 545 g/mol. The van der Waals surface area contributed by atoms with Crippen LogP contribution in [-0.4, -0.2) is 0 Å². The fraction of sp³-hybridized carbons (Fsp3) is 0.0500. The van der Waals surface area contributed by atoms with E-state index in [2.05, 4.69) is 146 Å². The molecule has 0 amide bonds. The first-order valence-corrected chi connectivity index (χ1v) is 16.1. The van der Waals surface area contributed by atoms with E-state index in [0.29, 0.717) is 0 Å². The van der Waals surface area contributed by atoms with Crippen LogP contribution in [0.2, 0.25) is 0 Å². The van der Waals surface area contributed by atoms with Gasteiger partial charge in [-0.1, -0.05) is 115 Å². The Morgan fingerprint density at radius 2 is 0.929 bits per heavy atom. The number of hydrogen-bond acceptors (Lipinski definition) is 2. The highest BCUT2D eigenvalue weighted by Gasteiger charge is 2.18. The number of rotatable bonds is 5. The Labute approximate surface area is 254 Å². The largest absolute Gasteiger partial charge is 0.134 e. The Balaban J connectivity index is 1.24. The highest BCUT2D eigenvalue weighted by atomic mass is 32.1. The number of allylic oxidation sites excluding steroid dienone is 4. The zero-order chi connectivity index (χ0) is 27.9. The quantitative estimate of drug-likeness (QED) is 0.180. The minimum atomic E-state index is 1.10. The van der Waals surface area contributed by atoms with Crippen molar-refractivity contribution < 1.29 is 0 Å². The van der Waals surface area contributed by atoms with Gasteiger partial charge in [-0.3, -0.25) is 0 Å². The maximum absolute atomic E-state index is 2.40. The first-order valence-electron chi connectivity index (χ1n) is 14.5. The van der Waals surface area contributed by atoms with E-state index in [1.54, 1.807) is 0 Å². The van der Waals surface area contributed by atoms with E-state index in [1.807, 2.05) is 22.7 Å². The third kappa shape index (κ3) is 4.44. The van der Waals surface area contributed by atoms with Crippen molar-refractivity contribution in [1.29, 1.82) is 0 Å². The second-order valence-corrected chi connectivity index (χ2v) is 12.9. The molecule has 0 saturated carbocycles. The fourth-order valence-corrected chi connectivity index (χ4v) is 8.33. The molecule has 42 heavy (non-hydrogen) atoms. The summed E-state index contributed by atoms with van der Waals surface area (Å²) in [6, 6.07) is 46.7. The summed E-state index contributed by atoms with van der Waals surface area (Å²) in [6.45, 7) is 0. The summed E-state index contributed by atoms with van der Waals surface area (Å²) in [5, 5.41) is 5.25. The maximum Gasteiger partial charge on any atom is 0.0449 e. The molecule has 0 aliphatic heterocycles. The molecule has 7 aromatic rings. The van der Waals surface area contributed by atoms with Crippen LogP contribution in [0.15, 0.2) is 146 Å². The van der Waals surface area contributed by atoms with E-state index < -0.39 is 0 Å². The number of benzene rings is 5. The Morgan fingerprint density at radius 1 is 0.405 bits per heavy atom. The van der Waals surface area contributed by atoms with Gasteiger partial charge in [0.05, 0.1) is 0 Å². The van der Waals surface area contributed by atoms with Gasteiger partial charge in [-0.15, -0.1) is 22.7 Å². The van der Waals surface area contributed by atoms with Crippen molar-refractivity contribution in [3.05, 3.63) is 151 Å². The van der Waals surface area contributed by atoms with Gasteiger partial charge < -0.3 is 0 Å². The molecule has 2 heterocycles. The van der Waals surface area contributed by atoms with Crippen molar-refractivity contribution in [3.63, 3.8) is 0 Å². The number of fused-ring (bicyclic) bond motifs is 2. The standard InChI is InChI=1S/C40H28S2/c1-3-12-27(13-4-1)35-22-24-37(41-35)38-25-23-36(42-38)29-16-11-17-30(26-29)40-33-20-9-7-18-31(33)39(28-14-5-2-6-15-28)32-19-8-10-21-34(32)40/h1,3-5,7-26H,2,6H2. The summed E-state index contributed by atoms with van der Waals surface area (Å²) in [4.78, 5) is 5.24. The van der Waals surface area contributed by atoms with Gasteiger partial charge in [0.1, 0.15) is 0 Å². The fourth-order valence-electron chi connectivity index (χ4n) is 6.23. The molecule has 0 fully saturated rings. The van der Waals surface area contributed by atoms with Crippen LogP contribution in [0.3, 0.4) is 0 Å². The summed E-state index contributed by atoms with van der Waals surface area (Å²) in [5.74, 6) is 0. The summed E-state index contributed by atoms with van der Waals surface area (Å²) in [6.07, 6.45) is 9.24. The van der Waals surface area contributed by atoms with E-state index in [1.165, 1.54) is 74.4 Å². The van der Waals surface area contributed by atoms with Gasteiger partial charge in [-0.25, -0.2) is 0 Å². The Morgan fingerprint density at radius 3 is 1.55 bits per heavy atom. The molecule has 0 saturated heterocycles. The molecule has 8 rings (SSSR count). The van der Waals surface area contributed by atoms with Crippen molar-refractivity contribution >= 4 is 49.8 Å². The molecule has 0 atom stereocenters. The zero-order valence-corrected chi connectivity index (χ0v) is 24.7. The molecule has 0 unspecified atom stereocenters. The second-order valence-electron chi connectivity index (χ2n) is 10.8. The summed E-state index contributed by atoms with van der Waals surface area (Å²) >= 11 is 3.74. The van der Waals surface area contributed by atoms with Gasteiger partial charge in [0.2, 0.25) is 0 Å². The average molecular weight is 573 g/mol. The van der Waals surface area contributed by atoms with Crippen LogP contribution in [-0.2, 0) is 0 Å². The van der Waals surface area contributed by atoms with Gasteiger partial charge in [0.25, 0.3) is 0 Å². The molecule has 2 heteroatoms. The van der Waals surface area contributed by atoms with Crippen molar-refractivity contribution in [2.45, 2.75) is 12.8 Å². The number of thiophene rings is 2. The van der Waals surface area contributed by atoms with Gasteiger partial charge in [-0.2, -0.15) is 0 Å². The Hall–Kier alpha value is -4.50. The summed E-state index contributed by atoms with van der Waals surface area (Å²) < 4.78 is 0. The molecule has 1 aliphatic carbocycles. The first kappa shape index (κ1) is 25.2. The first-order chi connectivity index (χ1) is 20.8. The van der Waals surface area contributed by atoms with Crippen LogP contribution >= 0.6 is 22.7 Å². The highest BCUT2D eigenvalue weighted by molar-refractivity contribution is 7.25. The van der Waals surface area contributed by atoms with Crippen LogP contribution in [0.1, 0.15) is 18.4 Å². The third-order valence-corrected chi connectivity index (χ3v) is 10.6. The highest BCUT2D eigenvalue weighted by Crippen LogP contribution is 2.45. The zero-order valence-electron chi connectivity index (χ0n) is 23.1. The molecule has 1 aliphatic rings. The lowest BCUT2D eigenvalue weighted by molar-refractivity contribution is 1.04.